The highest BCUT2D eigenvalue weighted by atomic mass is 32.1. The Kier molecular flexibility index (Phi) is 5.85. The van der Waals surface area contributed by atoms with Gasteiger partial charge < -0.3 is 4.52 Å². The van der Waals surface area contributed by atoms with E-state index in [0.29, 0.717) is 29.7 Å². The fourth-order valence-electron chi connectivity index (χ4n) is 2.78. The van der Waals surface area contributed by atoms with Crippen LogP contribution in [0.4, 0.5) is 5.69 Å². The number of nitro benzene ring substituents is 1. The lowest BCUT2D eigenvalue weighted by molar-refractivity contribution is -0.384. The van der Waals surface area contributed by atoms with E-state index < -0.39 is 4.92 Å². The molecule has 8 nitrogen and oxygen atoms in total. The van der Waals surface area contributed by atoms with Gasteiger partial charge in [0.2, 0.25) is 11.7 Å². The van der Waals surface area contributed by atoms with Crippen molar-refractivity contribution in [1.82, 2.24) is 20.0 Å². The van der Waals surface area contributed by atoms with Gasteiger partial charge in [-0.3, -0.25) is 15.0 Å². The third kappa shape index (κ3) is 4.26. The highest BCUT2D eigenvalue weighted by Gasteiger charge is 2.21. The largest absolute Gasteiger partial charge is 0.338 e. The minimum Gasteiger partial charge on any atom is -0.338 e. The van der Waals surface area contributed by atoms with E-state index in [0.717, 1.165) is 10.7 Å². The lowest BCUT2D eigenvalue weighted by Crippen LogP contribution is -2.22. The van der Waals surface area contributed by atoms with Crippen LogP contribution >= 0.6 is 11.3 Å². The summed E-state index contributed by atoms with van der Waals surface area (Å²) in [5.41, 5.74) is 1.77. The zero-order valence-electron chi connectivity index (χ0n) is 16.5. The van der Waals surface area contributed by atoms with Crippen LogP contribution in [0.2, 0.25) is 0 Å². The maximum atomic E-state index is 10.8. The molecule has 0 saturated heterocycles. The van der Waals surface area contributed by atoms with Gasteiger partial charge in [0.25, 0.3) is 5.69 Å². The van der Waals surface area contributed by atoms with Crippen molar-refractivity contribution in [3.63, 3.8) is 0 Å². The van der Waals surface area contributed by atoms with Gasteiger partial charge in [-0.1, -0.05) is 19.0 Å². The molecule has 28 heavy (non-hydrogen) atoms. The summed E-state index contributed by atoms with van der Waals surface area (Å²) >= 11 is 1.75. The predicted molar refractivity (Wildman–Crippen MR) is 107 cm³/mol. The van der Waals surface area contributed by atoms with Crippen LogP contribution in [-0.2, 0) is 6.54 Å². The number of nitrogens with zero attached hydrogens (tertiary/aromatic N) is 5. The summed E-state index contributed by atoms with van der Waals surface area (Å²) < 4.78 is 5.38. The lowest BCUT2D eigenvalue weighted by Gasteiger charge is -2.22. The Bertz CT molecular complexity index is 964. The van der Waals surface area contributed by atoms with Crippen molar-refractivity contribution in [2.24, 2.45) is 0 Å². The first-order valence-electron chi connectivity index (χ1n) is 9.01. The molecule has 3 rings (SSSR count). The van der Waals surface area contributed by atoms with E-state index in [2.05, 4.69) is 40.8 Å². The van der Waals surface area contributed by atoms with Gasteiger partial charge in [-0.25, -0.2) is 4.98 Å². The van der Waals surface area contributed by atoms with Crippen LogP contribution in [0.15, 0.2) is 28.8 Å². The Balaban J connectivity index is 1.71. The molecule has 0 aliphatic heterocycles. The summed E-state index contributed by atoms with van der Waals surface area (Å²) in [6.07, 6.45) is 0. The third-order valence-corrected chi connectivity index (χ3v) is 6.20. The summed E-state index contributed by atoms with van der Waals surface area (Å²) in [5.74, 6) is 1.33. The van der Waals surface area contributed by atoms with Gasteiger partial charge in [-0.2, -0.15) is 4.98 Å². The molecule has 2 heterocycles. The summed E-state index contributed by atoms with van der Waals surface area (Å²) in [7, 11) is 2.01. The molecule has 2 aromatic heterocycles. The normalized spacial score (nSPS) is 12.7. The SMILES string of the molecule is Cc1nc(C(C)C)sc1[C@H](C)N(C)Cc1nc(-c2ccc([N+](=O)[O-])cc2)no1. The Morgan fingerprint density at radius 2 is 1.89 bits per heavy atom. The first-order chi connectivity index (χ1) is 13.3. The molecule has 0 spiro atoms. The maximum Gasteiger partial charge on any atom is 0.269 e. The van der Waals surface area contributed by atoms with Gasteiger partial charge in [0.15, 0.2) is 0 Å². The van der Waals surface area contributed by atoms with Crippen molar-refractivity contribution in [3.05, 3.63) is 55.8 Å². The number of hydrogen-bond acceptors (Lipinski definition) is 8. The van der Waals surface area contributed by atoms with Crippen molar-refractivity contribution < 1.29 is 9.45 Å². The Hall–Kier alpha value is -2.65. The quantitative estimate of drug-likeness (QED) is 0.417. The molecule has 1 atom stereocenters. The second-order valence-corrected chi connectivity index (χ2v) is 8.13. The monoisotopic (exact) mass is 401 g/mol. The van der Waals surface area contributed by atoms with E-state index in [-0.39, 0.29) is 11.7 Å². The highest BCUT2D eigenvalue weighted by Crippen LogP contribution is 2.32. The number of aryl methyl sites for hydroxylation is 1. The number of benzene rings is 1. The number of thiazole rings is 1. The molecule has 0 aliphatic carbocycles. The minimum absolute atomic E-state index is 0.0294. The van der Waals surface area contributed by atoms with Gasteiger partial charge in [0.05, 0.1) is 22.2 Å². The van der Waals surface area contributed by atoms with Gasteiger partial charge in [-0.15, -0.1) is 11.3 Å². The Morgan fingerprint density at radius 3 is 2.46 bits per heavy atom. The van der Waals surface area contributed by atoms with Crippen LogP contribution in [0.3, 0.4) is 0 Å². The molecule has 0 bridgehead atoms. The van der Waals surface area contributed by atoms with E-state index in [4.69, 9.17) is 4.52 Å². The van der Waals surface area contributed by atoms with Crippen molar-refractivity contribution in [3.8, 4) is 11.4 Å². The first-order valence-corrected chi connectivity index (χ1v) is 9.82. The lowest BCUT2D eigenvalue weighted by atomic mass is 10.2. The third-order valence-electron chi connectivity index (χ3n) is 4.57. The van der Waals surface area contributed by atoms with Crippen molar-refractivity contribution in [2.75, 3.05) is 7.05 Å². The smallest absolute Gasteiger partial charge is 0.269 e. The summed E-state index contributed by atoms with van der Waals surface area (Å²) in [4.78, 5) is 22.8. The van der Waals surface area contributed by atoms with Gasteiger partial charge in [-0.05, 0) is 33.0 Å². The fourth-order valence-corrected chi connectivity index (χ4v) is 3.97. The molecule has 0 N–H and O–H groups in total. The fraction of sp³-hybridized carbons (Fsp3) is 0.421. The predicted octanol–water partition coefficient (Wildman–Crippen LogP) is 4.73. The molecule has 0 unspecified atom stereocenters. The Labute approximate surface area is 167 Å². The average molecular weight is 401 g/mol. The van der Waals surface area contributed by atoms with Crippen LogP contribution in [-0.4, -0.2) is 32.0 Å². The molecule has 1 aromatic carbocycles. The van der Waals surface area contributed by atoms with Crippen LogP contribution < -0.4 is 0 Å². The molecular formula is C19H23N5O3S. The van der Waals surface area contributed by atoms with E-state index in [9.17, 15) is 10.1 Å². The standard InChI is InChI=1S/C19H23N5O3S/c1-11(2)19-20-12(3)17(28-19)13(4)23(5)10-16-21-18(22-27-16)14-6-8-15(9-7-14)24(25)26/h6-9,11,13H,10H2,1-5H3/t13-/m0/s1. The van der Waals surface area contributed by atoms with Gasteiger partial charge in [0.1, 0.15) is 0 Å². The van der Waals surface area contributed by atoms with E-state index in [1.165, 1.54) is 17.0 Å². The number of hydrogen-bond donors (Lipinski definition) is 0. The first kappa shape index (κ1) is 20.1. The number of nitro groups is 1. The van der Waals surface area contributed by atoms with Gasteiger partial charge in [0, 0.05) is 34.5 Å². The van der Waals surface area contributed by atoms with E-state index >= 15 is 0 Å². The van der Waals surface area contributed by atoms with Crippen molar-refractivity contribution >= 4 is 17.0 Å². The molecular weight excluding hydrogens is 378 g/mol. The average Bonchev–Trinajstić information content (AvgIpc) is 3.28. The zero-order valence-corrected chi connectivity index (χ0v) is 17.4. The maximum absolute atomic E-state index is 10.8. The topological polar surface area (TPSA) is 98.2 Å². The van der Waals surface area contributed by atoms with Crippen molar-refractivity contribution in [2.45, 2.75) is 46.2 Å². The van der Waals surface area contributed by atoms with Crippen LogP contribution in [0, 0.1) is 17.0 Å². The number of aromatic nitrogens is 3. The van der Waals surface area contributed by atoms with E-state index in [1.807, 2.05) is 14.0 Å². The van der Waals surface area contributed by atoms with Crippen LogP contribution in [0.25, 0.3) is 11.4 Å². The van der Waals surface area contributed by atoms with Crippen molar-refractivity contribution in [1.29, 1.82) is 0 Å². The highest BCUT2D eigenvalue weighted by molar-refractivity contribution is 7.11. The molecule has 0 saturated carbocycles. The summed E-state index contributed by atoms with van der Waals surface area (Å²) in [6.45, 7) is 8.97. The number of rotatable bonds is 7. The second-order valence-electron chi connectivity index (χ2n) is 7.06. The van der Waals surface area contributed by atoms with Gasteiger partial charge >= 0.3 is 0 Å². The number of non-ortho nitro benzene ring substituents is 1. The summed E-state index contributed by atoms with van der Waals surface area (Å²) in [6, 6.07) is 6.26. The second kappa shape index (κ2) is 8.15. The van der Waals surface area contributed by atoms with Crippen LogP contribution in [0.1, 0.15) is 54.2 Å². The van der Waals surface area contributed by atoms with Crippen LogP contribution in [0.5, 0.6) is 0 Å². The van der Waals surface area contributed by atoms with E-state index in [1.54, 1.807) is 23.5 Å². The molecule has 3 aromatic rings. The molecule has 9 heteroatoms. The molecule has 148 valence electrons. The minimum atomic E-state index is -0.437. The Morgan fingerprint density at radius 1 is 1.21 bits per heavy atom. The molecule has 0 radical (unpaired) electrons. The molecule has 0 amide bonds. The molecule has 0 aliphatic rings. The zero-order chi connectivity index (χ0) is 20.4. The molecule has 0 fully saturated rings. The summed E-state index contributed by atoms with van der Waals surface area (Å²) in [5, 5.41) is 15.9.